The number of hydrogen-bond donors (Lipinski definition) is 1. The van der Waals surface area contributed by atoms with Crippen molar-refractivity contribution in [2.75, 3.05) is 19.6 Å². The fraction of sp³-hybridized carbons (Fsp3) is 0.515. The van der Waals surface area contributed by atoms with Crippen LogP contribution in [0, 0.1) is 24.6 Å². The Morgan fingerprint density at radius 2 is 1.88 bits per heavy atom. The quantitative estimate of drug-likeness (QED) is 0.406. The number of likely N-dealkylation sites (tertiary alicyclic amines) is 1. The summed E-state index contributed by atoms with van der Waals surface area (Å²) in [5.74, 6) is -0.298. The molecular weight excluding hydrogens is 533 g/mol. The van der Waals surface area contributed by atoms with Crippen LogP contribution in [0.5, 0.6) is 0 Å². The number of fused-ring (bicyclic) bond motifs is 3. The average Bonchev–Trinajstić information content (AvgIpc) is 3.70. The van der Waals surface area contributed by atoms with Crippen molar-refractivity contribution >= 4 is 28.5 Å². The Hall–Kier alpha value is -3.59. The van der Waals surface area contributed by atoms with Crippen LogP contribution in [0.3, 0.4) is 0 Å². The summed E-state index contributed by atoms with van der Waals surface area (Å²) >= 11 is 0. The lowest BCUT2D eigenvalue weighted by Gasteiger charge is -2.35. The third-order valence-electron chi connectivity index (χ3n) is 9.71. The van der Waals surface area contributed by atoms with E-state index in [9.17, 15) is 18.8 Å². The Morgan fingerprint density at radius 1 is 1.12 bits per heavy atom. The van der Waals surface area contributed by atoms with Gasteiger partial charge in [0.05, 0.1) is 29.0 Å². The number of aromatic nitrogens is 2. The fourth-order valence-electron chi connectivity index (χ4n) is 7.55. The summed E-state index contributed by atoms with van der Waals surface area (Å²) < 4.78 is 16.4. The molecule has 0 spiro atoms. The van der Waals surface area contributed by atoms with Crippen LogP contribution in [-0.2, 0) is 4.79 Å². The van der Waals surface area contributed by atoms with Crippen LogP contribution in [-0.4, -0.2) is 74.7 Å². The normalized spacial score (nSPS) is 22.3. The first-order chi connectivity index (χ1) is 20.2. The molecule has 0 unspecified atom stereocenters. The molecule has 4 heterocycles. The standard InChI is InChI=1S/C33H40FN5O3/c1-5-38(19(2)3)32(41)26-17-23(34)7-9-27(26)39-20(4)29(25-10-13-35-18-28(25)39)31(40)21-11-14-37(15-12-21)33(42)30-22-6-8-24(16-22)36-30/h7,9-10,13,17-19,21-22,24,30,36H,5-6,8,11-12,14-16H2,1-4H3/t22-,24+,30-/m0/s1. The van der Waals surface area contributed by atoms with Crippen LogP contribution in [0.15, 0.2) is 36.7 Å². The minimum absolute atomic E-state index is 0.0416. The number of nitrogens with zero attached hydrogens (tertiary/aromatic N) is 4. The van der Waals surface area contributed by atoms with Gasteiger partial charge in [0.1, 0.15) is 5.82 Å². The van der Waals surface area contributed by atoms with E-state index < -0.39 is 5.82 Å². The summed E-state index contributed by atoms with van der Waals surface area (Å²) in [6.45, 7) is 9.29. The van der Waals surface area contributed by atoms with Gasteiger partial charge in [-0.15, -0.1) is 0 Å². The van der Waals surface area contributed by atoms with Crippen molar-refractivity contribution in [2.45, 2.75) is 77.9 Å². The van der Waals surface area contributed by atoms with Crippen LogP contribution in [0.4, 0.5) is 4.39 Å². The van der Waals surface area contributed by atoms with Gasteiger partial charge in [0.25, 0.3) is 5.91 Å². The van der Waals surface area contributed by atoms with E-state index in [1.807, 2.05) is 43.2 Å². The van der Waals surface area contributed by atoms with Crippen molar-refractivity contribution in [3.05, 3.63) is 59.3 Å². The molecule has 2 aromatic heterocycles. The Balaban J connectivity index is 1.30. The van der Waals surface area contributed by atoms with E-state index in [1.165, 1.54) is 12.1 Å². The summed E-state index contributed by atoms with van der Waals surface area (Å²) in [6, 6.07) is 6.42. The number of amides is 2. The molecule has 3 fully saturated rings. The van der Waals surface area contributed by atoms with Crippen molar-refractivity contribution in [1.29, 1.82) is 0 Å². The van der Waals surface area contributed by atoms with Crippen LogP contribution >= 0.6 is 0 Å². The van der Waals surface area contributed by atoms with E-state index in [0.29, 0.717) is 66.9 Å². The number of piperidine rings is 2. The maximum atomic E-state index is 14.5. The molecule has 2 saturated heterocycles. The van der Waals surface area contributed by atoms with Crippen LogP contribution in [0.2, 0.25) is 0 Å². The highest BCUT2D eigenvalue weighted by Crippen LogP contribution is 2.37. The van der Waals surface area contributed by atoms with Crippen LogP contribution in [0.1, 0.15) is 79.3 Å². The van der Waals surface area contributed by atoms with Gasteiger partial charge in [0.2, 0.25) is 5.91 Å². The Labute approximate surface area is 246 Å². The molecule has 1 N–H and O–H groups in total. The number of Topliss-reactive ketones (excluding diaryl/α,β-unsaturated/α-hetero) is 1. The summed E-state index contributed by atoms with van der Waals surface area (Å²) in [4.78, 5) is 49.0. The topological polar surface area (TPSA) is 87.5 Å². The predicted molar refractivity (Wildman–Crippen MR) is 159 cm³/mol. The minimum atomic E-state index is -0.493. The molecule has 0 radical (unpaired) electrons. The number of nitrogens with one attached hydrogen (secondary N) is 1. The van der Waals surface area contributed by atoms with Crippen LogP contribution in [0.25, 0.3) is 16.6 Å². The van der Waals surface area contributed by atoms with Crippen LogP contribution < -0.4 is 5.32 Å². The highest BCUT2D eigenvalue weighted by molar-refractivity contribution is 6.11. The highest BCUT2D eigenvalue weighted by Gasteiger charge is 2.45. The van der Waals surface area contributed by atoms with E-state index in [-0.39, 0.29) is 41.2 Å². The first kappa shape index (κ1) is 28.5. The zero-order valence-corrected chi connectivity index (χ0v) is 24.9. The lowest BCUT2D eigenvalue weighted by Crippen LogP contribution is -2.51. The lowest BCUT2D eigenvalue weighted by atomic mass is 9.87. The second-order valence-corrected chi connectivity index (χ2v) is 12.4. The molecule has 2 amide bonds. The largest absolute Gasteiger partial charge is 0.341 e. The second-order valence-electron chi connectivity index (χ2n) is 12.4. The highest BCUT2D eigenvalue weighted by atomic mass is 19.1. The maximum absolute atomic E-state index is 14.5. The zero-order valence-electron chi connectivity index (χ0n) is 24.9. The summed E-state index contributed by atoms with van der Waals surface area (Å²) in [5, 5.41) is 4.27. The van der Waals surface area contributed by atoms with Gasteiger partial charge in [-0.3, -0.25) is 19.4 Å². The van der Waals surface area contributed by atoms with Gasteiger partial charge in [-0.25, -0.2) is 4.39 Å². The zero-order chi connectivity index (χ0) is 29.7. The number of carbonyl (C=O) groups is 3. The molecule has 2 bridgehead atoms. The van der Waals surface area contributed by atoms with Crippen molar-refractivity contribution < 1.29 is 18.8 Å². The third kappa shape index (κ3) is 4.81. The van der Waals surface area contributed by atoms with E-state index in [0.717, 1.165) is 24.6 Å². The fourth-order valence-corrected chi connectivity index (χ4v) is 7.55. The van der Waals surface area contributed by atoms with Gasteiger partial charge in [0.15, 0.2) is 5.78 Å². The molecule has 3 atom stereocenters. The number of rotatable bonds is 7. The van der Waals surface area contributed by atoms with Gasteiger partial charge in [-0.05, 0) is 90.0 Å². The van der Waals surface area contributed by atoms with Crippen molar-refractivity contribution in [2.24, 2.45) is 11.8 Å². The molecule has 1 aromatic carbocycles. The number of carbonyl (C=O) groups excluding carboxylic acids is 3. The average molecular weight is 574 g/mol. The SMILES string of the molecule is CCN(C(=O)c1cc(F)ccc1-n1c(C)c(C(=O)C2CCN(C(=O)[C@H]3N[C@@H]4CC[C@H]3C4)CC2)c2ccncc21)C(C)C. The molecule has 42 heavy (non-hydrogen) atoms. The molecule has 9 heteroatoms. The van der Waals surface area contributed by atoms with Gasteiger partial charge >= 0.3 is 0 Å². The van der Waals surface area contributed by atoms with Crippen molar-refractivity contribution in [1.82, 2.24) is 24.7 Å². The van der Waals surface area contributed by atoms with E-state index >= 15 is 0 Å². The van der Waals surface area contributed by atoms with E-state index in [4.69, 9.17) is 0 Å². The first-order valence-electron chi connectivity index (χ1n) is 15.3. The monoisotopic (exact) mass is 573 g/mol. The molecule has 1 saturated carbocycles. The molecule has 6 rings (SSSR count). The Morgan fingerprint density at radius 3 is 2.52 bits per heavy atom. The molecule has 3 aliphatic rings. The van der Waals surface area contributed by atoms with Gasteiger partial charge < -0.3 is 19.7 Å². The molecule has 222 valence electrons. The van der Waals surface area contributed by atoms with E-state index in [2.05, 4.69) is 10.3 Å². The predicted octanol–water partition coefficient (Wildman–Crippen LogP) is 4.91. The molecular formula is C33H40FN5O3. The lowest BCUT2D eigenvalue weighted by molar-refractivity contribution is -0.135. The number of hydrogen-bond acceptors (Lipinski definition) is 5. The number of halogens is 1. The van der Waals surface area contributed by atoms with Gasteiger partial charge in [-0.1, -0.05) is 0 Å². The Bertz CT molecular complexity index is 1540. The second kappa shape index (κ2) is 11.2. The third-order valence-corrected chi connectivity index (χ3v) is 9.71. The minimum Gasteiger partial charge on any atom is -0.341 e. The van der Waals surface area contributed by atoms with Crippen molar-refractivity contribution in [3.63, 3.8) is 0 Å². The summed E-state index contributed by atoms with van der Waals surface area (Å²) in [5.41, 5.74) is 2.76. The van der Waals surface area contributed by atoms with Crippen molar-refractivity contribution in [3.8, 4) is 5.69 Å². The summed E-state index contributed by atoms with van der Waals surface area (Å²) in [7, 11) is 0. The Kier molecular flexibility index (Phi) is 7.64. The molecule has 2 aliphatic heterocycles. The first-order valence-corrected chi connectivity index (χ1v) is 15.3. The summed E-state index contributed by atoms with van der Waals surface area (Å²) in [6.07, 6.45) is 7.97. The molecule has 1 aliphatic carbocycles. The smallest absolute Gasteiger partial charge is 0.256 e. The molecule has 3 aromatic rings. The number of pyridine rings is 1. The number of ketones is 1. The van der Waals surface area contributed by atoms with E-state index in [1.54, 1.807) is 23.4 Å². The molecule has 8 nitrogen and oxygen atoms in total. The van der Waals surface area contributed by atoms with Gasteiger partial charge in [0, 0.05) is 60.5 Å². The number of benzene rings is 1. The van der Waals surface area contributed by atoms with Gasteiger partial charge in [-0.2, -0.15) is 0 Å². The maximum Gasteiger partial charge on any atom is 0.256 e.